The van der Waals surface area contributed by atoms with Crippen molar-refractivity contribution in [1.82, 2.24) is 0 Å². The fourth-order valence-electron chi connectivity index (χ4n) is 1.81. The highest BCUT2D eigenvalue weighted by Gasteiger charge is 2.44. The Kier molecular flexibility index (Phi) is 3.26. The van der Waals surface area contributed by atoms with Crippen LogP contribution in [0.3, 0.4) is 0 Å². The Morgan fingerprint density at radius 3 is 2.58 bits per heavy atom. The molecule has 0 aliphatic heterocycles. The van der Waals surface area contributed by atoms with Gasteiger partial charge in [0.1, 0.15) is 11.4 Å². The number of anilines is 1. The Labute approximate surface area is 111 Å². The van der Waals surface area contributed by atoms with Crippen molar-refractivity contribution in [2.24, 2.45) is 0 Å². The molecular weight excluding hydrogens is 249 g/mol. The van der Waals surface area contributed by atoms with Crippen molar-refractivity contribution >= 4 is 11.8 Å². The Hall–Kier alpha value is -1.62. The molecule has 2 N–H and O–H groups in total. The lowest BCUT2D eigenvalue weighted by molar-refractivity contribution is 0.0635. The molecule has 1 aromatic rings. The summed E-state index contributed by atoms with van der Waals surface area (Å²) < 4.78 is 18.4. The highest BCUT2D eigenvalue weighted by atomic mass is 19.1. The average molecular weight is 267 g/mol. The summed E-state index contributed by atoms with van der Waals surface area (Å²) in [7, 11) is 0. The lowest BCUT2D eigenvalue weighted by Gasteiger charge is -2.21. The van der Waals surface area contributed by atoms with Gasteiger partial charge in [-0.15, -0.1) is 0 Å². The Bertz CT molecular complexity index is 504. The molecule has 0 spiro atoms. The Morgan fingerprint density at radius 2 is 2.05 bits per heavy atom. The zero-order valence-corrected chi connectivity index (χ0v) is 11.3. The fourth-order valence-corrected chi connectivity index (χ4v) is 1.81. The minimum Gasteiger partial charge on any atom is -0.444 e. The Morgan fingerprint density at radius 1 is 1.42 bits per heavy atom. The van der Waals surface area contributed by atoms with Crippen molar-refractivity contribution in [3.63, 3.8) is 0 Å². The van der Waals surface area contributed by atoms with Crippen LogP contribution in [-0.4, -0.2) is 16.8 Å². The van der Waals surface area contributed by atoms with E-state index in [0.717, 1.165) is 0 Å². The monoisotopic (exact) mass is 267 g/mol. The summed E-state index contributed by atoms with van der Waals surface area (Å²) in [5, 5.41) is 12.6. The van der Waals surface area contributed by atoms with Crippen LogP contribution in [0.4, 0.5) is 14.9 Å². The molecule has 0 radical (unpaired) electrons. The maximum absolute atomic E-state index is 13.3. The molecule has 1 aliphatic rings. The topological polar surface area (TPSA) is 58.6 Å². The summed E-state index contributed by atoms with van der Waals surface area (Å²) in [6, 6.07) is 3.92. The lowest BCUT2D eigenvalue weighted by atomic mass is 10.1. The van der Waals surface area contributed by atoms with Crippen LogP contribution < -0.4 is 5.32 Å². The molecule has 19 heavy (non-hydrogen) atoms. The number of hydrogen-bond acceptors (Lipinski definition) is 3. The predicted octanol–water partition coefficient (Wildman–Crippen LogP) is 3.15. The van der Waals surface area contributed by atoms with Crippen LogP contribution >= 0.6 is 0 Å². The van der Waals surface area contributed by atoms with Gasteiger partial charge >= 0.3 is 6.09 Å². The van der Waals surface area contributed by atoms with Gasteiger partial charge < -0.3 is 9.84 Å². The van der Waals surface area contributed by atoms with Crippen molar-refractivity contribution in [2.45, 2.75) is 44.8 Å². The number of nitrogens with one attached hydrogen (secondary N) is 1. The number of halogens is 1. The van der Waals surface area contributed by atoms with Crippen LogP contribution in [0.1, 0.15) is 39.2 Å². The van der Waals surface area contributed by atoms with Gasteiger partial charge in [0.2, 0.25) is 0 Å². The van der Waals surface area contributed by atoms with E-state index >= 15 is 0 Å². The van der Waals surface area contributed by atoms with Crippen LogP contribution in [-0.2, 0) is 10.3 Å². The molecule has 1 amide bonds. The molecule has 1 saturated carbocycles. The standard InChI is InChI=1S/C14H18FNO3/c1-13(2,3)19-12(17)16-11-5-4-9(15)8-10(11)14(18)6-7-14/h4-5,8,18H,6-7H2,1-3H3,(H,16,17). The summed E-state index contributed by atoms with van der Waals surface area (Å²) >= 11 is 0. The van der Waals surface area contributed by atoms with Crippen molar-refractivity contribution in [3.8, 4) is 0 Å². The molecule has 0 saturated heterocycles. The van der Waals surface area contributed by atoms with E-state index in [-0.39, 0.29) is 0 Å². The number of hydrogen-bond donors (Lipinski definition) is 2. The maximum Gasteiger partial charge on any atom is 0.412 e. The molecule has 104 valence electrons. The summed E-state index contributed by atoms with van der Waals surface area (Å²) in [6.45, 7) is 5.27. The van der Waals surface area contributed by atoms with E-state index in [1.807, 2.05) is 0 Å². The van der Waals surface area contributed by atoms with Gasteiger partial charge in [0.15, 0.2) is 0 Å². The molecule has 1 aliphatic carbocycles. The zero-order valence-electron chi connectivity index (χ0n) is 11.3. The molecule has 1 aromatic carbocycles. The summed E-state index contributed by atoms with van der Waals surface area (Å²) in [5.74, 6) is -0.440. The summed E-state index contributed by atoms with van der Waals surface area (Å²) in [5.41, 5.74) is -0.846. The minimum absolute atomic E-state index is 0.385. The van der Waals surface area contributed by atoms with Crippen molar-refractivity contribution in [3.05, 3.63) is 29.6 Å². The first-order chi connectivity index (χ1) is 8.70. The first-order valence-corrected chi connectivity index (χ1v) is 6.22. The van der Waals surface area contributed by atoms with Crippen molar-refractivity contribution in [2.75, 3.05) is 5.32 Å². The summed E-state index contributed by atoms with van der Waals surface area (Å²) in [6.07, 6.45) is 0.517. The number of ether oxygens (including phenoxy) is 1. The number of amides is 1. The van der Waals surface area contributed by atoms with Gasteiger partial charge in [0.05, 0.1) is 11.3 Å². The number of carbonyl (C=O) groups excluding carboxylic acids is 1. The number of rotatable bonds is 2. The second kappa shape index (κ2) is 4.49. The van der Waals surface area contributed by atoms with Crippen LogP contribution in [0, 0.1) is 5.82 Å². The summed E-state index contributed by atoms with van der Waals surface area (Å²) in [4.78, 5) is 11.7. The van der Waals surface area contributed by atoms with E-state index in [2.05, 4.69) is 5.32 Å². The van der Waals surface area contributed by atoms with Gasteiger partial charge in [-0.1, -0.05) is 0 Å². The smallest absolute Gasteiger partial charge is 0.412 e. The second-order valence-electron chi connectivity index (χ2n) is 5.85. The molecular formula is C14H18FNO3. The molecule has 0 atom stereocenters. The maximum atomic E-state index is 13.3. The largest absolute Gasteiger partial charge is 0.444 e. The van der Waals surface area contributed by atoms with E-state index in [1.54, 1.807) is 20.8 Å². The first-order valence-electron chi connectivity index (χ1n) is 6.22. The minimum atomic E-state index is -1.02. The van der Waals surface area contributed by atoms with Gasteiger partial charge in [-0.05, 0) is 51.8 Å². The first kappa shape index (κ1) is 13.8. The number of aliphatic hydroxyl groups is 1. The number of benzene rings is 1. The zero-order chi connectivity index (χ0) is 14.3. The normalized spacial score (nSPS) is 16.9. The highest BCUT2D eigenvalue weighted by molar-refractivity contribution is 5.86. The van der Waals surface area contributed by atoms with Crippen molar-refractivity contribution < 1.29 is 19.0 Å². The van der Waals surface area contributed by atoms with Crippen LogP contribution in [0.5, 0.6) is 0 Å². The molecule has 5 heteroatoms. The van der Waals surface area contributed by atoms with E-state index in [4.69, 9.17) is 4.74 Å². The van der Waals surface area contributed by atoms with Gasteiger partial charge in [-0.2, -0.15) is 0 Å². The SMILES string of the molecule is CC(C)(C)OC(=O)Nc1ccc(F)cc1C1(O)CC1. The van der Waals surface area contributed by atoms with Crippen LogP contribution in [0.15, 0.2) is 18.2 Å². The van der Waals surface area contributed by atoms with E-state index in [1.165, 1.54) is 18.2 Å². The third-order valence-electron chi connectivity index (χ3n) is 2.84. The highest BCUT2D eigenvalue weighted by Crippen LogP contribution is 2.48. The molecule has 1 fully saturated rings. The average Bonchev–Trinajstić information content (AvgIpc) is 2.97. The predicted molar refractivity (Wildman–Crippen MR) is 69.4 cm³/mol. The molecule has 0 heterocycles. The lowest BCUT2D eigenvalue weighted by Crippen LogP contribution is -2.28. The molecule has 0 bridgehead atoms. The second-order valence-corrected chi connectivity index (χ2v) is 5.85. The third kappa shape index (κ3) is 3.44. The van der Waals surface area contributed by atoms with E-state index in [0.29, 0.717) is 24.1 Å². The van der Waals surface area contributed by atoms with Gasteiger partial charge in [-0.3, -0.25) is 5.32 Å². The van der Waals surface area contributed by atoms with Crippen molar-refractivity contribution in [1.29, 1.82) is 0 Å². The van der Waals surface area contributed by atoms with Crippen LogP contribution in [0.2, 0.25) is 0 Å². The Balaban J connectivity index is 2.19. The van der Waals surface area contributed by atoms with Crippen LogP contribution in [0.25, 0.3) is 0 Å². The molecule has 0 unspecified atom stereocenters. The quantitative estimate of drug-likeness (QED) is 0.865. The number of carbonyl (C=O) groups is 1. The molecule has 2 rings (SSSR count). The van der Waals surface area contributed by atoms with E-state index in [9.17, 15) is 14.3 Å². The third-order valence-corrected chi connectivity index (χ3v) is 2.84. The van der Waals surface area contributed by atoms with Gasteiger partial charge in [0, 0.05) is 5.56 Å². The van der Waals surface area contributed by atoms with E-state index < -0.39 is 23.1 Å². The molecule has 4 nitrogen and oxygen atoms in total. The fraction of sp³-hybridized carbons (Fsp3) is 0.500. The van der Waals surface area contributed by atoms with Gasteiger partial charge in [-0.25, -0.2) is 9.18 Å². The van der Waals surface area contributed by atoms with Gasteiger partial charge in [0.25, 0.3) is 0 Å². The molecule has 0 aromatic heterocycles.